The minimum absolute atomic E-state index is 0.0897. The van der Waals surface area contributed by atoms with Crippen LogP contribution in [0.15, 0.2) is 36.4 Å². The Hall–Kier alpha value is -2.07. The zero-order chi connectivity index (χ0) is 13.8. The van der Waals surface area contributed by atoms with E-state index in [1.165, 1.54) is 0 Å². The monoisotopic (exact) mass is 260 g/mol. The summed E-state index contributed by atoms with van der Waals surface area (Å²) in [5.74, 6) is -0.624. The Kier molecular flexibility index (Phi) is 4.02. The summed E-state index contributed by atoms with van der Waals surface area (Å²) in [5.41, 5.74) is 0.169. The maximum Gasteiger partial charge on any atom is 0.339 e. The number of fused-ring (bicyclic) bond motifs is 1. The summed E-state index contributed by atoms with van der Waals surface area (Å²) < 4.78 is 10.6. The first-order valence-corrected chi connectivity index (χ1v) is 6.03. The lowest BCUT2D eigenvalue weighted by Gasteiger charge is -2.14. The molecule has 0 heterocycles. The SMILES string of the molecule is COC(C)COc1cc2ccccc2cc1C(=O)O. The van der Waals surface area contributed by atoms with Crippen LogP contribution in [0, 0.1) is 0 Å². The summed E-state index contributed by atoms with van der Waals surface area (Å²) in [6, 6.07) is 11.0. The molecule has 2 rings (SSSR count). The van der Waals surface area contributed by atoms with Crippen molar-refractivity contribution in [2.24, 2.45) is 0 Å². The molecule has 1 unspecified atom stereocenters. The van der Waals surface area contributed by atoms with Crippen molar-refractivity contribution in [2.75, 3.05) is 13.7 Å². The molecule has 0 fully saturated rings. The van der Waals surface area contributed by atoms with E-state index < -0.39 is 5.97 Å². The van der Waals surface area contributed by atoms with Gasteiger partial charge >= 0.3 is 5.97 Å². The second-order valence-corrected chi connectivity index (χ2v) is 4.36. The first-order valence-electron chi connectivity index (χ1n) is 6.03. The normalized spacial score (nSPS) is 12.3. The van der Waals surface area contributed by atoms with Crippen LogP contribution in [-0.2, 0) is 4.74 Å². The number of hydrogen-bond donors (Lipinski definition) is 1. The van der Waals surface area contributed by atoms with Crippen LogP contribution in [0.3, 0.4) is 0 Å². The van der Waals surface area contributed by atoms with Crippen LogP contribution in [0.2, 0.25) is 0 Å². The van der Waals surface area contributed by atoms with E-state index in [9.17, 15) is 9.90 Å². The van der Waals surface area contributed by atoms with E-state index in [1.54, 1.807) is 19.2 Å². The second kappa shape index (κ2) is 5.71. The molecule has 0 aliphatic rings. The first kappa shape index (κ1) is 13.4. The average molecular weight is 260 g/mol. The Bertz CT molecular complexity index is 592. The Balaban J connectivity index is 2.39. The van der Waals surface area contributed by atoms with Crippen LogP contribution in [0.1, 0.15) is 17.3 Å². The molecule has 0 radical (unpaired) electrons. The molecule has 0 saturated heterocycles. The Labute approximate surface area is 111 Å². The second-order valence-electron chi connectivity index (χ2n) is 4.36. The number of carbonyl (C=O) groups is 1. The van der Waals surface area contributed by atoms with Gasteiger partial charge in [-0.05, 0) is 29.8 Å². The molecule has 0 aliphatic carbocycles. The molecule has 1 N–H and O–H groups in total. The minimum atomic E-state index is -0.995. The van der Waals surface area contributed by atoms with Crippen molar-refractivity contribution in [1.82, 2.24) is 0 Å². The molecule has 1 atom stereocenters. The predicted octanol–water partition coefficient (Wildman–Crippen LogP) is 2.95. The van der Waals surface area contributed by atoms with Crippen LogP contribution in [-0.4, -0.2) is 30.9 Å². The third-order valence-electron chi connectivity index (χ3n) is 2.95. The quantitative estimate of drug-likeness (QED) is 0.898. The van der Waals surface area contributed by atoms with Gasteiger partial charge in [0.15, 0.2) is 0 Å². The number of benzene rings is 2. The van der Waals surface area contributed by atoms with Gasteiger partial charge in [0.2, 0.25) is 0 Å². The fourth-order valence-corrected chi connectivity index (χ4v) is 1.78. The summed E-state index contributed by atoms with van der Waals surface area (Å²) in [6.45, 7) is 2.18. The maximum absolute atomic E-state index is 11.3. The van der Waals surface area contributed by atoms with Gasteiger partial charge in [-0.25, -0.2) is 4.79 Å². The molecular formula is C15H16O4. The number of rotatable bonds is 5. The highest BCUT2D eigenvalue weighted by atomic mass is 16.5. The predicted molar refractivity (Wildman–Crippen MR) is 72.9 cm³/mol. The van der Waals surface area contributed by atoms with E-state index in [2.05, 4.69) is 0 Å². The van der Waals surface area contributed by atoms with E-state index >= 15 is 0 Å². The Morgan fingerprint density at radius 1 is 1.26 bits per heavy atom. The van der Waals surface area contributed by atoms with Gasteiger partial charge in [0.05, 0.1) is 6.10 Å². The molecule has 4 heteroatoms. The Morgan fingerprint density at radius 3 is 2.47 bits per heavy atom. The molecule has 0 saturated carbocycles. The van der Waals surface area contributed by atoms with Gasteiger partial charge in [0.1, 0.15) is 17.9 Å². The number of aromatic carboxylic acids is 1. The molecule has 0 aliphatic heterocycles. The highest BCUT2D eigenvalue weighted by molar-refractivity contribution is 5.97. The van der Waals surface area contributed by atoms with Gasteiger partial charge in [-0.15, -0.1) is 0 Å². The van der Waals surface area contributed by atoms with Crippen molar-refractivity contribution in [1.29, 1.82) is 0 Å². The highest BCUT2D eigenvalue weighted by Crippen LogP contribution is 2.26. The summed E-state index contributed by atoms with van der Waals surface area (Å²) in [5, 5.41) is 11.1. The number of methoxy groups -OCH3 is 1. The third kappa shape index (κ3) is 3.03. The number of hydrogen-bond acceptors (Lipinski definition) is 3. The molecule has 4 nitrogen and oxygen atoms in total. The van der Waals surface area contributed by atoms with Gasteiger partial charge in [-0.1, -0.05) is 24.3 Å². The van der Waals surface area contributed by atoms with E-state index in [4.69, 9.17) is 9.47 Å². The van der Waals surface area contributed by atoms with Crippen molar-refractivity contribution in [3.63, 3.8) is 0 Å². The largest absolute Gasteiger partial charge is 0.490 e. The molecule has 0 aromatic heterocycles. The van der Waals surface area contributed by atoms with Crippen molar-refractivity contribution >= 4 is 16.7 Å². The number of ether oxygens (including phenoxy) is 2. The summed E-state index contributed by atoms with van der Waals surface area (Å²) in [7, 11) is 1.59. The van der Waals surface area contributed by atoms with E-state index in [0.717, 1.165) is 10.8 Å². The first-order chi connectivity index (χ1) is 9.11. The number of carboxylic acids is 1. The molecule has 0 bridgehead atoms. The van der Waals surface area contributed by atoms with Crippen LogP contribution >= 0.6 is 0 Å². The van der Waals surface area contributed by atoms with E-state index in [-0.39, 0.29) is 11.7 Å². The van der Waals surface area contributed by atoms with Crippen molar-refractivity contribution in [3.8, 4) is 5.75 Å². The van der Waals surface area contributed by atoms with Crippen LogP contribution in [0.4, 0.5) is 0 Å². The minimum Gasteiger partial charge on any atom is -0.490 e. The molecule has 100 valence electrons. The average Bonchev–Trinajstić information content (AvgIpc) is 2.43. The van der Waals surface area contributed by atoms with Crippen molar-refractivity contribution in [2.45, 2.75) is 13.0 Å². The lowest BCUT2D eigenvalue weighted by Crippen LogP contribution is -2.17. The van der Waals surface area contributed by atoms with Gasteiger partial charge in [-0.2, -0.15) is 0 Å². The maximum atomic E-state index is 11.3. The lowest BCUT2D eigenvalue weighted by molar-refractivity contribution is 0.0647. The van der Waals surface area contributed by atoms with Gasteiger partial charge < -0.3 is 14.6 Å². The van der Waals surface area contributed by atoms with Crippen LogP contribution in [0.5, 0.6) is 5.75 Å². The Morgan fingerprint density at radius 2 is 1.89 bits per heavy atom. The van der Waals surface area contributed by atoms with Gasteiger partial charge in [0.25, 0.3) is 0 Å². The zero-order valence-corrected chi connectivity index (χ0v) is 10.9. The van der Waals surface area contributed by atoms with Crippen molar-refractivity contribution in [3.05, 3.63) is 42.0 Å². The summed E-state index contributed by atoms with van der Waals surface area (Å²) in [6.07, 6.45) is -0.0897. The zero-order valence-electron chi connectivity index (χ0n) is 10.9. The fourth-order valence-electron chi connectivity index (χ4n) is 1.78. The van der Waals surface area contributed by atoms with Gasteiger partial charge in [0, 0.05) is 7.11 Å². The van der Waals surface area contributed by atoms with E-state index in [0.29, 0.717) is 12.4 Å². The van der Waals surface area contributed by atoms with Crippen molar-refractivity contribution < 1.29 is 19.4 Å². The third-order valence-corrected chi connectivity index (χ3v) is 2.95. The fraction of sp³-hybridized carbons (Fsp3) is 0.267. The van der Waals surface area contributed by atoms with Crippen LogP contribution < -0.4 is 4.74 Å². The molecule has 0 spiro atoms. The summed E-state index contributed by atoms with van der Waals surface area (Å²) in [4.78, 5) is 11.3. The molecule has 2 aromatic rings. The highest BCUT2D eigenvalue weighted by Gasteiger charge is 2.13. The van der Waals surface area contributed by atoms with Crippen LogP contribution in [0.25, 0.3) is 10.8 Å². The van der Waals surface area contributed by atoms with E-state index in [1.807, 2.05) is 31.2 Å². The molecule has 0 amide bonds. The molecule has 19 heavy (non-hydrogen) atoms. The molecular weight excluding hydrogens is 244 g/mol. The van der Waals surface area contributed by atoms with Gasteiger partial charge in [-0.3, -0.25) is 0 Å². The smallest absolute Gasteiger partial charge is 0.339 e. The summed E-state index contributed by atoms with van der Waals surface area (Å²) >= 11 is 0. The number of carboxylic acid groups (broad SMARTS) is 1. The topological polar surface area (TPSA) is 55.8 Å². The molecule has 2 aromatic carbocycles. The standard InChI is InChI=1S/C15H16O4/c1-10(18-2)9-19-14-8-12-6-4-3-5-11(12)7-13(14)15(16)17/h3-8,10H,9H2,1-2H3,(H,16,17). The lowest BCUT2D eigenvalue weighted by atomic mass is 10.1.